The molecule has 29 heavy (non-hydrogen) atoms. The van der Waals surface area contributed by atoms with E-state index in [1.54, 1.807) is 24.0 Å². The topological polar surface area (TPSA) is 84.5 Å². The standard InChI is InChI=1S/C21H21N5O3/c1-24-17(7-8-23-24)20(27)26-11-15-10-25(21(28)18-9-22-13-29-18)12-16(15)19(26)14-5-3-2-4-6-14/h2-9,13,15-16,19H,10-12H2,1H3/t15-,16-,19+/m0/s1. The molecule has 8 nitrogen and oxygen atoms in total. The Morgan fingerprint density at radius 1 is 1.07 bits per heavy atom. The van der Waals surface area contributed by atoms with Gasteiger partial charge in [-0.2, -0.15) is 5.10 Å². The second-order valence-electron chi connectivity index (χ2n) is 7.65. The second kappa shape index (κ2) is 6.88. The van der Waals surface area contributed by atoms with E-state index in [1.165, 1.54) is 12.6 Å². The Bertz CT molecular complexity index is 1030. The summed E-state index contributed by atoms with van der Waals surface area (Å²) in [6.45, 7) is 1.79. The number of fused-ring (bicyclic) bond motifs is 1. The summed E-state index contributed by atoms with van der Waals surface area (Å²) in [6.07, 6.45) is 4.36. The van der Waals surface area contributed by atoms with Gasteiger partial charge in [0.1, 0.15) is 5.69 Å². The van der Waals surface area contributed by atoms with E-state index in [-0.39, 0.29) is 35.5 Å². The molecule has 5 rings (SSSR count). The number of aryl methyl sites for hydroxylation is 1. The Balaban J connectivity index is 1.45. The number of carbonyl (C=O) groups is 2. The van der Waals surface area contributed by atoms with Crippen molar-refractivity contribution in [2.45, 2.75) is 6.04 Å². The number of aromatic nitrogens is 3. The third-order valence-electron chi connectivity index (χ3n) is 6.04. The summed E-state index contributed by atoms with van der Waals surface area (Å²) in [5.74, 6) is 0.462. The predicted octanol–water partition coefficient (Wildman–Crippen LogP) is 1.99. The van der Waals surface area contributed by atoms with E-state index in [1.807, 2.05) is 28.0 Å². The molecule has 3 atom stereocenters. The highest BCUT2D eigenvalue weighted by Crippen LogP contribution is 2.45. The van der Waals surface area contributed by atoms with E-state index < -0.39 is 0 Å². The van der Waals surface area contributed by atoms with Crippen LogP contribution in [0, 0.1) is 11.8 Å². The first kappa shape index (κ1) is 17.7. The molecule has 0 spiro atoms. The van der Waals surface area contributed by atoms with E-state index in [4.69, 9.17) is 4.42 Å². The second-order valence-corrected chi connectivity index (χ2v) is 7.65. The fraction of sp³-hybridized carbons (Fsp3) is 0.333. The minimum atomic E-state index is -0.145. The van der Waals surface area contributed by atoms with Gasteiger partial charge >= 0.3 is 0 Å². The van der Waals surface area contributed by atoms with Crippen LogP contribution >= 0.6 is 0 Å². The summed E-state index contributed by atoms with van der Waals surface area (Å²) in [5.41, 5.74) is 1.66. The molecule has 4 heterocycles. The molecular formula is C21H21N5O3. The normalized spacial score (nSPS) is 23.4. The number of hydrogen-bond donors (Lipinski definition) is 0. The van der Waals surface area contributed by atoms with E-state index in [0.29, 0.717) is 25.3 Å². The zero-order chi connectivity index (χ0) is 20.0. The van der Waals surface area contributed by atoms with Gasteiger partial charge in [-0.3, -0.25) is 14.3 Å². The van der Waals surface area contributed by atoms with Crippen LogP contribution in [0.1, 0.15) is 32.6 Å². The average molecular weight is 391 g/mol. The van der Waals surface area contributed by atoms with Gasteiger partial charge in [0.15, 0.2) is 6.39 Å². The maximum absolute atomic E-state index is 13.3. The summed E-state index contributed by atoms with van der Waals surface area (Å²) in [7, 11) is 1.78. The van der Waals surface area contributed by atoms with Crippen molar-refractivity contribution in [3.63, 3.8) is 0 Å². The highest BCUT2D eigenvalue weighted by atomic mass is 16.3. The number of nitrogens with zero attached hydrogens (tertiary/aromatic N) is 5. The van der Waals surface area contributed by atoms with Gasteiger partial charge in [-0.1, -0.05) is 30.3 Å². The monoisotopic (exact) mass is 391 g/mol. The van der Waals surface area contributed by atoms with Crippen molar-refractivity contribution in [1.29, 1.82) is 0 Å². The number of hydrogen-bond acceptors (Lipinski definition) is 5. The van der Waals surface area contributed by atoms with Crippen LogP contribution in [-0.4, -0.2) is 56.0 Å². The Kier molecular flexibility index (Phi) is 4.19. The molecule has 2 fully saturated rings. The molecule has 2 aromatic heterocycles. The fourth-order valence-electron chi connectivity index (χ4n) is 4.71. The lowest BCUT2D eigenvalue weighted by atomic mass is 9.89. The van der Waals surface area contributed by atoms with Crippen LogP contribution in [0.3, 0.4) is 0 Å². The largest absolute Gasteiger partial charge is 0.438 e. The van der Waals surface area contributed by atoms with Crippen molar-refractivity contribution in [3.05, 3.63) is 72.2 Å². The summed E-state index contributed by atoms with van der Waals surface area (Å²) < 4.78 is 6.80. The van der Waals surface area contributed by atoms with Crippen molar-refractivity contribution in [1.82, 2.24) is 24.6 Å². The van der Waals surface area contributed by atoms with Gasteiger partial charge in [-0.25, -0.2) is 4.98 Å². The quantitative estimate of drug-likeness (QED) is 0.682. The molecule has 0 unspecified atom stereocenters. The summed E-state index contributed by atoms with van der Waals surface area (Å²) in [6, 6.07) is 11.7. The molecule has 148 valence electrons. The van der Waals surface area contributed by atoms with E-state index in [0.717, 1.165) is 5.56 Å². The Hall–Kier alpha value is -3.42. The van der Waals surface area contributed by atoms with Gasteiger partial charge < -0.3 is 14.2 Å². The predicted molar refractivity (Wildman–Crippen MR) is 103 cm³/mol. The Morgan fingerprint density at radius 3 is 2.59 bits per heavy atom. The van der Waals surface area contributed by atoms with Crippen LogP contribution in [0.15, 0.2) is 59.6 Å². The van der Waals surface area contributed by atoms with Crippen molar-refractivity contribution >= 4 is 11.8 Å². The first-order valence-electron chi connectivity index (χ1n) is 9.65. The van der Waals surface area contributed by atoms with Crippen LogP contribution in [0.25, 0.3) is 0 Å². The first-order valence-corrected chi connectivity index (χ1v) is 9.65. The molecule has 2 saturated heterocycles. The van der Waals surface area contributed by atoms with E-state index in [9.17, 15) is 9.59 Å². The van der Waals surface area contributed by atoms with Crippen LogP contribution in [0.5, 0.6) is 0 Å². The fourth-order valence-corrected chi connectivity index (χ4v) is 4.71. The summed E-state index contributed by atoms with van der Waals surface area (Å²) >= 11 is 0. The minimum Gasteiger partial charge on any atom is -0.438 e. The van der Waals surface area contributed by atoms with Crippen molar-refractivity contribution in [3.8, 4) is 0 Å². The molecule has 0 aliphatic carbocycles. The third kappa shape index (κ3) is 2.91. The molecule has 0 radical (unpaired) electrons. The number of rotatable bonds is 3. The van der Waals surface area contributed by atoms with Gasteiger partial charge in [0, 0.05) is 44.7 Å². The summed E-state index contributed by atoms with van der Waals surface area (Å²) in [5, 5.41) is 4.14. The lowest BCUT2D eigenvalue weighted by Crippen LogP contribution is -2.38. The number of carbonyl (C=O) groups excluding carboxylic acids is 2. The minimum absolute atomic E-state index is 0.0265. The molecule has 8 heteroatoms. The van der Waals surface area contributed by atoms with Crippen molar-refractivity contribution in [2.75, 3.05) is 19.6 Å². The number of oxazole rings is 1. The Morgan fingerprint density at radius 2 is 1.90 bits per heavy atom. The van der Waals surface area contributed by atoms with Gasteiger partial charge in [-0.05, 0) is 11.6 Å². The molecular weight excluding hydrogens is 370 g/mol. The lowest BCUT2D eigenvalue weighted by Gasteiger charge is -2.29. The molecule has 3 aromatic rings. The highest BCUT2D eigenvalue weighted by molar-refractivity contribution is 5.93. The molecule has 2 aliphatic rings. The van der Waals surface area contributed by atoms with Gasteiger partial charge in [0.2, 0.25) is 5.76 Å². The SMILES string of the molecule is Cn1nccc1C(=O)N1C[C@@H]2CN(C(=O)c3cnco3)C[C@@H]2[C@H]1c1ccccc1. The number of likely N-dealkylation sites (tertiary alicyclic amines) is 2. The maximum Gasteiger partial charge on any atom is 0.291 e. The Labute approximate surface area is 167 Å². The van der Waals surface area contributed by atoms with Crippen LogP contribution in [0.2, 0.25) is 0 Å². The third-order valence-corrected chi connectivity index (χ3v) is 6.04. The van der Waals surface area contributed by atoms with Crippen molar-refractivity contribution in [2.24, 2.45) is 18.9 Å². The molecule has 2 amide bonds. The first-order chi connectivity index (χ1) is 14.1. The number of benzene rings is 1. The smallest absolute Gasteiger partial charge is 0.291 e. The molecule has 1 aromatic carbocycles. The van der Waals surface area contributed by atoms with Crippen LogP contribution in [0.4, 0.5) is 0 Å². The zero-order valence-electron chi connectivity index (χ0n) is 16.0. The highest BCUT2D eigenvalue weighted by Gasteiger charge is 2.50. The van der Waals surface area contributed by atoms with E-state index in [2.05, 4.69) is 22.2 Å². The average Bonchev–Trinajstić information content (AvgIpc) is 3.51. The molecule has 0 bridgehead atoms. The van der Waals surface area contributed by atoms with Crippen LogP contribution in [-0.2, 0) is 7.05 Å². The maximum atomic E-state index is 13.3. The lowest BCUT2D eigenvalue weighted by molar-refractivity contribution is 0.0659. The van der Waals surface area contributed by atoms with E-state index >= 15 is 0 Å². The zero-order valence-corrected chi connectivity index (χ0v) is 16.0. The van der Waals surface area contributed by atoms with Crippen molar-refractivity contribution < 1.29 is 14.0 Å². The molecule has 2 aliphatic heterocycles. The van der Waals surface area contributed by atoms with Gasteiger partial charge in [0.25, 0.3) is 11.8 Å². The summed E-state index contributed by atoms with van der Waals surface area (Å²) in [4.78, 5) is 33.6. The van der Waals surface area contributed by atoms with Crippen LogP contribution < -0.4 is 0 Å². The number of amides is 2. The molecule has 0 N–H and O–H groups in total. The van der Waals surface area contributed by atoms with Gasteiger partial charge in [-0.15, -0.1) is 0 Å². The van der Waals surface area contributed by atoms with Gasteiger partial charge in [0.05, 0.1) is 12.2 Å². The molecule has 0 saturated carbocycles.